The van der Waals surface area contributed by atoms with Crippen molar-refractivity contribution in [1.82, 2.24) is 4.98 Å². The van der Waals surface area contributed by atoms with Crippen LogP contribution in [0, 0.1) is 6.92 Å². The third-order valence-electron chi connectivity index (χ3n) is 0.878. The second kappa shape index (κ2) is 1.82. The molecule has 0 saturated carbocycles. The molecule has 0 fully saturated rings. The first-order valence-corrected chi connectivity index (χ1v) is 2.25. The van der Waals surface area contributed by atoms with E-state index < -0.39 is 0 Å². The van der Waals surface area contributed by atoms with Crippen LogP contribution in [0.25, 0.3) is 0 Å². The highest BCUT2D eigenvalue weighted by Gasteiger charge is 1.88. The summed E-state index contributed by atoms with van der Waals surface area (Å²) in [7, 11) is 0. The fourth-order valence-corrected chi connectivity index (χ4v) is 0.420. The fraction of sp³-hybridized carbons (Fsp3) is 0. The molecule has 2 heteroatoms. The van der Waals surface area contributed by atoms with Gasteiger partial charge in [-0.2, -0.15) is 0 Å². The summed E-state index contributed by atoms with van der Waals surface area (Å²) in [5.41, 5.74) is 0.563. The van der Waals surface area contributed by atoms with Gasteiger partial charge in [0.25, 0.3) is 0 Å². The van der Waals surface area contributed by atoms with Crippen LogP contribution in [0.1, 0.15) is 5.56 Å². The van der Waals surface area contributed by atoms with Crippen molar-refractivity contribution in [2.24, 2.45) is 0 Å². The molecule has 0 aliphatic carbocycles. The van der Waals surface area contributed by atoms with Gasteiger partial charge in [0.15, 0.2) is 0 Å². The molecule has 0 unspecified atom stereocenters. The van der Waals surface area contributed by atoms with Gasteiger partial charge in [-0.15, -0.1) is 0 Å². The van der Waals surface area contributed by atoms with Crippen LogP contribution in [0.3, 0.4) is 0 Å². The molecule has 0 atom stereocenters. The predicted molar refractivity (Wildman–Crippen MR) is 30.4 cm³/mol. The first kappa shape index (κ1) is 5.09. The molecule has 2 nitrogen and oxygen atoms in total. The minimum atomic E-state index is 0.194. The molecule has 1 radical (unpaired) electrons. The summed E-state index contributed by atoms with van der Waals surface area (Å²) in [6, 6.07) is 1.50. The van der Waals surface area contributed by atoms with Crippen LogP contribution >= 0.6 is 0 Å². The molecule has 1 rings (SSSR count). The molecule has 0 aliphatic heterocycles. The first-order chi connectivity index (χ1) is 3.80. The second-order valence-electron chi connectivity index (χ2n) is 1.50. The van der Waals surface area contributed by atoms with E-state index in [1.54, 1.807) is 0 Å². The Morgan fingerprint density at radius 2 is 2.38 bits per heavy atom. The highest BCUT2D eigenvalue weighted by Crippen LogP contribution is 2.10. The maximum Gasteiger partial charge on any atom is 0.121 e. The Morgan fingerprint density at radius 3 is 2.75 bits per heavy atom. The number of hydrogen-bond donors (Lipinski definition) is 1. The third-order valence-corrected chi connectivity index (χ3v) is 0.878. The van der Waals surface area contributed by atoms with Crippen molar-refractivity contribution >= 4 is 0 Å². The van der Waals surface area contributed by atoms with Gasteiger partial charge in [0.2, 0.25) is 0 Å². The number of aromatic hydroxyl groups is 1. The standard InChI is InChI=1S/C6H6NO/c1-5-4-7-3-2-6(5)8/h2-4H,1H2,(H,7,8). The lowest BCUT2D eigenvalue weighted by Crippen LogP contribution is -1.73. The summed E-state index contributed by atoms with van der Waals surface area (Å²) < 4.78 is 0. The van der Waals surface area contributed by atoms with E-state index in [0.717, 1.165) is 0 Å². The Morgan fingerprint density at radius 1 is 1.62 bits per heavy atom. The van der Waals surface area contributed by atoms with E-state index in [1.165, 1.54) is 18.5 Å². The molecular weight excluding hydrogens is 102 g/mol. The Balaban J connectivity index is 3.13. The lowest BCUT2D eigenvalue weighted by Gasteiger charge is -1.91. The lowest BCUT2D eigenvalue weighted by molar-refractivity contribution is 0.472. The van der Waals surface area contributed by atoms with Crippen molar-refractivity contribution in [1.29, 1.82) is 0 Å². The van der Waals surface area contributed by atoms with E-state index in [4.69, 9.17) is 5.11 Å². The predicted octanol–water partition coefficient (Wildman–Crippen LogP) is 0.969. The summed E-state index contributed by atoms with van der Waals surface area (Å²) in [5, 5.41) is 8.82. The van der Waals surface area contributed by atoms with Gasteiger partial charge >= 0.3 is 0 Å². The zero-order valence-corrected chi connectivity index (χ0v) is 4.33. The summed E-state index contributed by atoms with van der Waals surface area (Å²) >= 11 is 0. The number of nitrogens with zero attached hydrogens (tertiary/aromatic N) is 1. The lowest BCUT2D eigenvalue weighted by atomic mass is 10.3. The normalized spacial score (nSPS) is 9.12. The largest absolute Gasteiger partial charge is 0.508 e. The van der Waals surface area contributed by atoms with Crippen LogP contribution in [-0.4, -0.2) is 10.1 Å². The van der Waals surface area contributed by atoms with Gasteiger partial charge < -0.3 is 5.11 Å². The summed E-state index contributed by atoms with van der Waals surface area (Å²) in [6.07, 6.45) is 3.03. The summed E-state index contributed by atoms with van der Waals surface area (Å²) in [4.78, 5) is 3.72. The quantitative estimate of drug-likeness (QED) is 0.537. The second-order valence-corrected chi connectivity index (χ2v) is 1.50. The highest BCUT2D eigenvalue weighted by molar-refractivity contribution is 5.30. The van der Waals surface area contributed by atoms with Crippen molar-refractivity contribution in [2.75, 3.05) is 0 Å². The fourth-order valence-electron chi connectivity index (χ4n) is 0.420. The number of pyridine rings is 1. The van der Waals surface area contributed by atoms with Crippen LogP contribution in [0.2, 0.25) is 0 Å². The summed E-state index contributed by atoms with van der Waals surface area (Å²) in [5.74, 6) is 0.194. The van der Waals surface area contributed by atoms with E-state index in [-0.39, 0.29) is 5.75 Å². The van der Waals surface area contributed by atoms with E-state index in [2.05, 4.69) is 11.9 Å². The number of aromatic nitrogens is 1. The number of rotatable bonds is 0. The molecule has 0 spiro atoms. The number of hydrogen-bond acceptors (Lipinski definition) is 2. The van der Waals surface area contributed by atoms with Crippen molar-refractivity contribution in [3.8, 4) is 5.75 Å². The Kier molecular flexibility index (Phi) is 1.16. The van der Waals surface area contributed by atoms with Crippen LogP contribution < -0.4 is 0 Å². The molecule has 0 bridgehead atoms. The Hall–Kier alpha value is -1.05. The molecule has 1 aromatic rings. The van der Waals surface area contributed by atoms with Crippen molar-refractivity contribution < 1.29 is 5.11 Å². The average Bonchev–Trinajstić information content (AvgIpc) is 1.77. The monoisotopic (exact) mass is 108 g/mol. The zero-order valence-electron chi connectivity index (χ0n) is 4.33. The van der Waals surface area contributed by atoms with Gasteiger partial charge in [-0.3, -0.25) is 4.98 Å². The maximum atomic E-state index is 8.82. The van der Waals surface area contributed by atoms with Crippen molar-refractivity contribution in [3.05, 3.63) is 30.9 Å². The SMILES string of the molecule is [CH2]c1cnccc1O. The van der Waals surface area contributed by atoms with Crippen LogP contribution in [0.15, 0.2) is 18.5 Å². The average molecular weight is 108 g/mol. The molecule has 0 aromatic carbocycles. The van der Waals surface area contributed by atoms with Crippen LogP contribution in [0.4, 0.5) is 0 Å². The third kappa shape index (κ3) is 0.780. The van der Waals surface area contributed by atoms with Crippen LogP contribution in [-0.2, 0) is 0 Å². The van der Waals surface area contributed by atoms with Gasteiger partial charge in [-0.1, -0.05) is 0 Å². The molecule has 0 amide bonds. The Bertz CT molecular complexity index is 165. The molecule has 0 saturated heterocycles. The maximum absolute atomic E-state index is 8.82. The molecule has 1 heterocycles. The van der Waals surface area contributed by atoms with E-state index in [0.29, 0.717) is 5.56 Å². The first-order valence-electron chi connectivity index (χ1n) is 2.25. The molecule has 1 N–H and O–H groups in total. The minimum absolute atomic E-state index is 0.194. The van der Waals surface area contributed by atoms with E-state index in [9.17, 15) is 0 Å². The van der Waals surface area contributed by atoms with Crippen molar-refractivity contribution in [3.63, 3.8) is 0 Å². The van der Waals surface area contributed by atoms with E-state index >= 15 is 0 Å². The summed E-state index contributed by atoms with van der Waals surface area (Å²) in [6.45, 7) is 3.51. The molecule has 1 aromatic heterocycles. The minimum Gasteiger partial charge on any atom is -0.508 e. The Labute approximate surface area is 47.8 Å². The van der Waals surface area contributed by atoms with Gasteiger partial charge in [-0.25, -0.2) is 0 Å². The molecule has 8 heavy (non-hydrogen) atoms. The smallest absolute Gasteiger partial charge is 0.121 e. The van der Waals surface area contributed by atoms with Gasteiger partial charge in [0, 0.05) is 18.0 Å². The van der Waals surface area contributed by atoms with Gasteiger partial charge in [0.05, 0.1) is 0 Å². The van der Waals surface area contributed by atoms with E-state index in [1.807, 2.05) is 0 Å². The zero-order chi connectivity index (χ0) is 5.98. The highest BCUT2D eigenvalue weighted by atomic mass is 16.3. The van der Waals surface area contributed by atoms with Crippen molar-refractivity contribution in [2.45, 2.75) is 0 Å². The molecular formula is C6H6NO. The van der Waals surface area contributed by atoms with Gasteiger partial charge in [-0.05, 0) is 13.0 Å². The molecule has 0 aliphatic rings. The van der Waals surface area contributed by atoms with Crippen LogP contribution in [0.5, 0.6) is 5.75 Å². The van der Waals surface area contributed by atoms with Gasteiger partial charge in [0.1, 0.15) is 5.75 Å². The topological polar surface area (TPSA) is 33.1 Å². The molecule has 41 valence electrons.